The van der Waals surface area contributed by atoms with Gasteiger partial charge in [-0.1, -0.05) is 28.0 Å². The monoisotopic (exact) mass is 348 g/mol. The van der Waals surface area contributed by atoms with Crippen LogP contribution in [0.1, 0.15) is 5.56 Å². The quantitative estimate of drug-likeness (QED) is 0.539. The molecule has 0 bridgehead atoms. The molecule has 0 saturated heterocycles. The van der Waals surface area contributed by atoms with Gasteiger partial charge in [0.15, 0.2) is 5.52 Å². The standard InChI is InChI=1S/C12H5Cl2F3N4O/c13-7-1-5(12(15,16)17)2-8(14)10(7)6-4-21(22)20-9-3-18-19-11(6)9/h1-4H,(H,18,19). The fourth-order valence-electron chi connectivity index (χ4n) is 2.05. The highest BCUT2D eigenvalue weighted by molar-refractivity contribution is 6.39. The van der Waals surface area contributed by atoms with Gasteiger partial charge >= 0.3 is 6.18 Å². The van der Waals surface area contributed by atoms with E-state index in [0.29, 0.717) is 5.52 Å². The molecular weight excluding hydrogens is 344 g/mol. The number of rotatable bonds is 1. The Labute approximate surface area is 130 Å². The first kappa shape index (κ1) is 14.9. The smallest absolute Gasteiger partial charge is 0.416 e. The molecule has 0 atom stereocenters. The Hall–Kier alpha value is -2.06. The topological polar surface area (TPSA) is 68.5 Å². The van der Waals surface area contributed by atoms with E-state index in [4.69, 9.17) is 23.2 Å². The highest BCUT2D eigenvalue weighted by atomic mass is 35.5. The molecule has 1 aromatic carbocycles. The van der Waals surface area contributed by atoms with Crippen LogP contribution in [0, 0.1) is 5.21 Å². The lowest BCUT2D eigenvalue weighted by Crippen LogP contribution is -2.30. The summed E-state index contributed by atoms with van der Waals surface area (Å²) in [6, 6.07) is 1.50. The van der Waals surface area contributed by atoms with Crippen LogP contribution in [-0.2, 0) is 6.18 Å². The zero-order chi connectivity index (χ0) is 16.1. The number of aromatic nitrogens is 4. The molecule has 114 valence electrons. The Morgan fingerprint density at radius 2 is 1.82 bits per heavy atom. The number of nitrogens with zero attached hydrogens (tertiary/aromatic N) is 3. The van der Waals surface area contributed by atoms with Gasteiger partial charge in [-0.3, -0.25) is 5.10 Å². The molecule has 2 aromatic heterocycles. The summed E-state index contributed by atoms with van der Waals surface area (Å²) in [7, 11) is 0. The summed E-state index contributed by atoms with van der Waals surface area (Å²) in [4.78, 5) is 0.261. The first-order valence-corrected chi connectivity index (χ1v) is 6.53. The Balaban J connectivity index is 2.30. The van der Waals surface area contributed by atoms with Crippen molar-refractivity contribution in [1.29, 1.82) is 0 Å². The van der Waals surface area contributed by atoms with Gasteiger partial charge in [-0.05, 0) is 12.1 Å². The molecule has 1 N–H and O–H groups in total. The van der Waals surface area contributed by atoms with Gasteiger partial charge in [0.2, 0.25) is 6.20 Å². The Bertz CT molecular complexity index is 855. The summed E-state index contributed by atoms with van der Waals surface area (Å²) < 4.78 is 38.3. The fourth-order valence-corrected chi connectivity index (χ4v) is 2.74. The first-order valence-electron chi connectivity index (χ1n) is 5.77. The van der Waals surface area contributed by atoms with E-state index < -0.39 is 11.7 Å². The highest BCUT2D eigenvalue weighted by Crippen LogP contribution is 2.41. The molecule has 0 fully saturated rings. The van der Waals surface area contributed by atoms with Crippen molar-refractivity contribution in [3.05, 3.63) is 45.3 Å². The zero-order valence-electron chi connectivity index (χ0n) is 10.4. The summed E-state index contributed by atoms with van der Waals surface area (Å²) in [6.07, 6.45) is -2.22. The van der Waals surface area contributed by atoms with Crippen LogP contribution in [0.2, 0.25) is 10.0 Å². The van der Waals surface area contributed by atoms with E-state index in [1.807, 2.05) is 0 Å². The highest BCUT2D eigenvalue weighted by Gasteiger charge is 2.32. The molecule has 0 spiro atoms. The van der Waals surface area contributed by atoms with Crippen LogP contribution >= 0.6 is 23.2 Å². The number of hydrogen-bond donors (Lipinski definition) is 1. The van der Waals surface area contributed by atoms with Crippen LogP contribution in [0.5, 0.6) is 0 Å². The molecule has 2 heterocycles. The van der Waals surface area contributed by atoms with Crippen molar-refractivity contribution in [3.63, 3.8) is 0 Å². The molecule has 3 aromatic rings. The number of nitrogens with one attached hydrogen (secondary N) is 1. The maximum Gasteiger partial charge on any atom is 0.416 e. The number of aromatic amines is 1. The number of alkyl halides is 3. The van der Waals surface area contributed by atoms with Crippen molar-refractivity contribution in [3.8, 4) is 11.1 Å². The van der Waals surface area contributed by atoms with E-state index in [0.717, 1.165) is 18.3 Å². The molecule has 0 aliphatic rings. The summed E-state index contributed by atoms with van der Waals surface area (Å²) in [6.45, 7) is 0. The van der Waals surface area contributed by atoms with E-state index in [2.05, 4.69) is 15.3 Å². The van der Waals surface area contributed by atoms with Gasteiger partial charge in [0, 0.05) is 10.7 Å². The van der Waals surface area contributed by atoms with Crippen molar-refractivity contribution in [2.24, 2.45) is 0 Å². The minimum absolute atomic E-state index is 0.0950. The second-order valence-electron chi connectivity index (χ2n) is 4.39. The molecule has 0 aliphatic carbocycles. The molecule has 0 amide bonds. The normalized spacial score (nSPS) is 12.0. The van der Waals surface area contributed by atoms with Crippen molar-refractivity contribution in [2.45, 2.75) is 6.18 Å². The van der Waals surface area contributed by atoms with Gasteiger partial charge in [0.25, 0.3) is 0 Å². The third kappa shape index (κ3) is 2.44. The van der Waals surface area contributed by atoms with Gasteiger partial charge in [0.1, 0.15) is 5.52 Å². The lowest BCUT2D eigenvalue weighted by molar-refractivity contribution is -0.666. The average molecular weight is 349 g/mol. The molecule has 5 nitrogen and oxygen atoms in total. The first-order chi connectivity index (χ1) is 10.3. The molecule has 0 unspecified atom stereocenters. The molecule has 3 rings (SSSR count). The van der Waals surface area contributed by atoms with E-state index in [1.54, 1.807) is 0 Å². The number of H-pyrrole nitrogens is 1. The maximum absolute atomic E-state index is 12.8. The van der Waals surface area contributed by atoms with E-state index in [9.17, 15) is 18.4 Å². The number of fused-ring (bicyclic) bond motifs is 1. The van der Waals surface area contributed by atoms with Crippen molar-refractivity contribution >= 4 is 34.2 Å². The van der Waals surface area contributed by atoms with Gasteiger partial charge in [-0.2, -0.15) is 18.3 Å². The Morgan fingerprint density at radius 3 is 2.41 bits per heavy atom. The minimum Gasteiger partial charge on any atom is -0.594 e. The van der Waals surface area contributed by atoms with E-state index in [1.165, 1.54) is 6.20 Å². The lowest BCUT2D eigenvalue weighted by Gasteiger charge is -2.12. The molecule has 0 aliphatic heterocycles. The summed E-state index contributed by atoms with van der Waals surface area (Å²) in [5.74, 6) is 0. The number of benzene rings is 1. The third-order valence-electron chi connectivity index (χ3n) is 2.97. The fraction of sp³-hybridized carbons (Fsp3) is 0.0833. The second kappa shape index (κ2) is 4.99. The van der Waals surface area contributed by atoms with Gasteiger partial charge in [-0.15, -0.1) is 0 Å². The predicted molar refractivity (Wildman–Crippen MR) is 73.3 cm³/mol. The van der Waals surface area contributed by atoms with E-state index >= 15 is 0 Å². The van der Waals surface area contributed by atoms with Crippen LogP contribution in [-0.4, -0.2) is 15.3 Å². The van der Waals surface area contributed by atoms with Crippen molar-refractivity contribution in [1.82, 2.24) is 15.3 Å². The Morgan fingerprint density at radius 1 is 1.18 bits per heavy atom. The summed E-state index contributed by atoms with van der Waals surface area (Å²) >= 11 is 11.9. The van der Waals surface area contributed by atoms with Crippen LogP contribution in [0.4, 0.5) is 13.2 Å². The molecular formula is C12H5Cl2F3N4O. The number of halogens is 5. The largest absolute Gasteiger partial charge is 0.594 e. The van der Waals surface area contributed by atoms with Crippen LogP contribution in [0.3, 0.4) is 0 Å². The SMILES string of the molecule is [O-][n+]1cc(-c2c(Cl)cc(C(F)(F)F)cc2Cl)c2[nH]ncc2n1. The van der Waals surface area contributed by atoms with Gasteiger partial charge in [0.05, 0.1) is 27.4 Å². The summed E-state index contributed by atoms with van der Waals surface area (Å²) in [5, 5.41) is 21.0. The Kier molecular flexibility index (Phi) is 3.37. The van der Waals surface area contributed by atoms with Crippen molar-refractivity contribution < 1.29 is 18.0 Å². The molecule has 0 saturated carbocycles. The maximum atomic E-state index is 12.8. The third-order valence-corrected chi connectivity index (χ3v) is 3.57. The zero-order valence-corrected chi connectivity index (χ0v) is 12.0. The second-order valence-corrected chi connectivity index (χ2v) is 5.20. The van der Waals surface area contributed by atoms with Gasteiger partial charge in [-0.25, -0.2) is 0 Å². The lowest BCUT2D eigenvalue weighted by atomic mass is 10.0. The molecule has 0 radical (unpaired) electrons. The summed E-state index contributed by atoms with van der Waals surface area (Å²) in [5.41, 5.74) is -0.0924. The van der Waals surface area contributed by atoms with Crippen LogP contribution < -0.4 is 4.85 Å². The minimum atomic E-state index is -4.58. The predicted octanol–water partition coefficient (Wildman–Crippen LogP) is 3.58. The van der Waals surface area contributed by atoms with E-state index in [-0.39, 0.29) is 31.5 Å². The van der Waals surface area contributed by atoms with Crippen molar-refractivity contribution in [2.75, 3.05) is 0 Å². The molecule has 22 heavy (non-hydrogen) atoms. The number of hydrogen-bond acceptors (Lipinski definition) is 3. The molecule has 10 heteroatoms. The van der Waals surface area contributed by atoms with Crippen LogP contribution in [0.15, 0.2) is 24.5 Å². The average Bonchev–Trinajstić information content (AvgIpc) is 2.84. The van der Waals surface area contributed by atoms with Gasteiger partial charge < -0.3 is 5.21 Å². The van der Waals surface area contributed by atoms with Crippen LogP contribution in [0.25, 0.3) is 22.2 Å².